The van der Waals surface area contributed by atoms with Gasteiger partial charge in [0.05, 0.1) is 5.92 Å². The lowest BCUT2D eigenvalue weighted by Crippen LogP contribution is -2.56. The number of carboxylic acids is 1. The van der Waals surface area contributed by atoms with Crippen molar-refractivity contribution in [2.45, 2.75) is 38.2 Å². The number of hydrogen-bond donors (Lipinski definition) is 2. The molecule has 1 aromatic rings. The Morgan fingerprint density at radius 1 is 1.47 bits per heavy atom. The molecule has 5 heteroatoms. The van der Waals surface area contributed by atoms with Crippen LogP contribution in [-0.4, -0.2) is 16.7 Å². The molecule has 19 heavy (non-hydrogen) atoms. The smallest absolute Gasteiger partial charge is 0.307 e. The van der Waals surface area contributed by atoms with E-state index in [9.17, 15) is 9.70 Å². The second kappa shape index (κ2) is 3.79. The van der Waals surface area contributed by atoms with Crippen molar-refractivity contribution < 1.29 is 19.8 Å². The number of rotatable bonds is 3. The minimum Gasteiger partial charge on any atom is -0.487 e. The summed E-state index contributed by atoms with van der Waals surface area (Å²) in [7, 11) is 0. The number of hydrogen-bond acceptors (Lipinski definition) is 3. The maximum atomic E-state index is 11.1. The summed E-state index contributed by atoms with van der Waals surface area (Å²) in [5, 5.41) is 10.9. The largest absolute Gasteiger partial charge is 0.487 e. The number of nitrogens with one attached hydrogen (secondary N) is 1. The fourth-order valence-corrected chi connectivity index (χ4v) is 2.87. The van der Waals surface area contributed by atoms with Gasteiger partial charge in [0.25, 0.3) is 5.69 Å². The van der Waals surface area contributed by atoms with Crippen molar-refractivity contribution in [1.29, 1.82) is 0 Å². The molecule has 0 bridgehead atoms. The zero-order chi connectivity index (χ0) is 13.8. The molecule has 2 aliphatic rings. The number of nitroso groups, excluding NO2 is 1. The molecule has 2 N–H and O–H groups in total. The molecule has 5 nitrogen and oxygen atoms in total. The molecule has 1 aromatic carbocycles. The van der Waals surface area contributed by atoms with Crippen molar-refractivity contribution in [3.63, 3.8) is 0 Å². The second-order valence-electron chi connectivity index (χ2n) is 5.97. The van der Waals surface area contributed by atoms with Gasteiger partial charge >= 0.3 is 5.97 Å². The summed E-state index contributed by atoms with van der Waals surface area (Å²) in [6.07, 6.45) is 1.34. The van der Waals surface area contributed by atoms with Crippen LogP contribution in [0, 0.1) is 10.8 Å². The summed E-state index contributed by atoms with van der Waals surface area (Å²) in [4.78, 5) is 22.0. The van der Waals surface area contributed by atoms with Crippen molar-refractivity contribution in [2.75, 3.05) is 0 Å². The fourth-order valence-electron chi connectivity index (χ4n) is 2.87. The average Bonchev–Trinajstić information content (AvgIpc) is 3.04. The van der Waals surface area contributed by atoms with Crippen molar-refractivity contribution in [3.05, 3.63) is 28.2 Å². The van der Waals surface area contributed by atoms with E-state index in [1.54, 1.807) is 6.07 Å². The molecule has 0 amide bonds. The summed E-state index contributed by atoms with van der Waals surface area (Å²) in [6, 6.07) is 3.63. The summed E-state index contributed by atoms with van der Waals surface area (Å²) >= 11 is 0. The SMILES string of the molecule is CC1(C)Cc2cc([NH+]=O)c(C3CC3C(=O)O)cc2O1. The molecular weight excluding hydrogens is 246 g/mol. The van der Waals surface area contributed by atoms with Crippen LogP contribution in [-0.2, 0) is 11.2 Å². The molecule has 1 aliphatic heterocycles. The lowest BCUT2D eigenvalue weighted by molar-refractivity contribution is -0.380. The topological polar surface area (TPSA) is 77.6 Å². The highest BCUT2D eigenvalue weighted by molar-refractivity contribution is 5.76. The predicted octanol–water partition coefficient (Wildman–Crippen LogP) is 1.07. The third kappa shape index (κ3) is 1.99. The third-order valence-corrected chi connectivity index (χ3v) is 3.85. The van der Waals surface area contributed by atoms with E-state index in [-0.39, 0.29) is 17.4 Å². The quantitative estimate of drug-likeness (QED) is 0.854. The summed E-state index contributed by atoms with van der Waals surface area (Å²) in [5.74, 6) is -0.482. The molecule has 2 atom stereocenters. The second-order valence-corrected chi connectivity index (χ2v) is 5.97. The Hall–Kier alpha value is -1.91. The highest BCUT2D eigenvalue weighted by atomic mass is 16.5. The standard InChI is InChI=1S/C14H15NO4/c1-14(2)6-7-3-11(15-18)9(5-12(7)19-14)8-4-10(8)13(16)17/h3,5,8,10H,4,6H2,1-2H3,(H,16,17)/p+1. The van der Waals surface area contributed by atoms with Gasteiger partial charge in [0.2, 0.25) is 0 Å². The zero-order valence-electron chi connectivity index (χ0n) is 10.9. The van der Waals surface area contributed by atoms with E-state index >= 15 is 0 Å². The van der Waals surface area contributed by atoms with Gasteiger partial charge in [-0.15, -0.1) is 0 Å². The first-order valence-electron chi connectivity index (χ1n) is 6.38. The number of carboxylic acid groups (broad SMARTS) is 1. The van der Waals surface area contributed by atoms with Gasteiger partial charge < -0.3 is 9.84 Å². The number of carbonyl (C=O) groups is 1. The molecule has 0 spiro atoms. The molecule has 0 radical (unpaired) electrons. The van der Waals surface area contributed by atoms with E-state index in [0.717, 1.165) is 23.3 Å². The van der Waals surface area contributed by atoms with Crippen molar-refractivity contribution in [3.8, 4) is 5.75 Å². The maximum Gasteiger partial charge on any atom is 0.307 e. The molecule has 0 saturated heterocycles. The van der Waals surface area contributed by atoms with Crippen LogP contribution in [0.5, 0.6) is 5.75 Å². The Kier molecular flexibility index (Phi) is 2.42. The first-order chi connectivity index (χ1) is 8.91. The van der Waals surface area contributed by atoms with Crippen LogP contribution in [0.25, 0.3) is 0 Å². The molecule has 0 aromatic heterocycles. The van der Waals surface area contributed by atoms with Crippen LogP contribution >= 0.6 is 0 Å². The van der Waals surface area contributed by atoms with Crippen LogP contribution in [0.15, 0.2) is 12.1 Å². The van der Waals surface area contributed by atoms with Gasteiger partial charge in [-0.1, -0.05) is 0 Å². The lowest BCUT2D eigenvalue weighted by atomic mass is 9.98. The van der Waals surface area contributed by atoms with Crippen molar-refractivity contribution in [1.82, 2.24) is 0 Å². The molecule has 1 fully saturated rings. The summed E-state index contributed by atoms with van der Waals surface area (Å²) in [6.45, 7) is 3.99. The molecule has 1 aliphatic carbocycles. The van der Waals surface area contributed by atoms with E-state index in [1.807, 2.05) is 25.1 Å². The lowest BCUT2D eigenvalue weighted by Gasteiger charge is -2.16. The molecule has 2 unspecified atom stereocenters. The first-order valence-corrected chi connectivity index (χ1v) is 6.38. The number of benzene rings is 1. The highest BCUT2D eigenvalue weighted by Gasteiger charge is 2.47. The molecule has 100 valence electrons. The molecule has 1 saturated carbocycles. The van der Waals surface area contributed by atoms with Crippen LogP contribution in [0.3, 0.4) is 0 Å². The Morgan fingerprint density at radius 3 is 2.79 bits per heavy atom. The van der Waals surface area contributed by atoms with Crippen LogP contribution in [0.1, 0.15) is 37.3 Å². The summed E-state index contributed by atoms with van der Waals surface area (Å²) < 4.78 is 5.83. The van der Waals surface area contributed by atoms with Crippen molar-refractivity contribution in [2.24, 2.45) is 5.92 Å². The van der Waals surface area contributed by atoms with Crippen molar-refractivity contribution >= 4 is 11.7 Å². The van der Waals surface area contributed by atoms with Gasteiger partial charge in [-0.2, -0.15) is 0 Å². The Morgan fingerprint density at radius 2 is 2.21 bits per heavy atom. The number of ether oxygens (including phenoxy) is 1. The molecular formula is C14H16NO4+. The van der Waals surface area contributed by atoms with Gasteiger partial charge in [0.15, 0.2) is 0 Å². The minimum absolute atomic E-state index is 0.0773. The maximum absolute atomic E-state index is 11.1. The summed E-state index contributed by atoms with van der Waals surface area (Å²) in [5.41, 5.74) is 1.98. The predicted molar refractivity (Wildman–Crippen MR) is 67.3 cm³/mol. The van der Waals surface area contributed by atoms with Gasteiger partial charge in [-0.25, -0.2) is 0 Å². The number of aliphatic carboxylic acids is 1. The normalized spacial score (nSPS) is 26.4. The van der Waals surface area contributed by atoms with Crippen LogP contribution in [0.4, 0.5) is 5.69 Å². The fraction of sp³-hybridized carbons (Fsp3) is 0.500. The third-order valence-electron chi connectivity index (χ3n) is 3.85. The molecule has 3 rings (SSSR count). The Labute approximate surface area is 110 Å². The Bertz CT molecular complexity index is 579. The van der Waals surface area contributed by atoms with Gasteiger partial charge in [-0.05, 0) is 26.3 Å². The van der Waals surface area contributed by atoms with E-state index in [4.69, 9.17) is 9.84 Å². The number of fused-ring (bicyclic) bond motifs is 1. The van der Waals surface area contributed by atoms with Gasteiger partial charge in [0, 0.05) is 39.6 Å². The Balaban J connectivity index is 1.99. The van der Waals surface area contributed by atoms with E-state index in [2.05, 4.69) is 0 Å². The van der Waals surface area contributed by atoms with E-state index in [1.165, 1.54) is 0 Å². The molecule has 1 heterocycles. The zero-order valence-corrected chi connectivity index (χ0v) is 10.9. The highest BCUT2D eigenvalue weighted by Crippen LogP contribution is 2.51. The monoisotopic (exact) mass is 262 g/mol. The van der Waals surface area contributed by atoms with Crippen LogP contribution in [0.2, 0.25) is 0 Å². The van der Waals surface area contributed by atoms with Crippen LogP contribution < -0.4 is 9.91 Å². The van der Waals surface area contributed by atoms with E-state index in [0.29, 0.717) is 12.1 Å². The van der Waals surface area contributed by atoms with E-state index < -0.39 is 5.97 Å². The van der Waals surface area contributed by atoms with Gasteiger partial charge in [0.1, 0.15) is 11.4 Å². The van der Waals surface area contributed by atoms with Gasteiger partial charge in [-0.3, -0.25) is 4.79 Å². The average molecular weight is 262 g/mol. The minimum atomic E-state index is -0.802. The first kappa shape index (κ1) is 12.1.